The first-order chi connectivity index (χ1) is 9.15. The zero-order valence-corrected chi connectivity index (χ0v) is 11.5. The number of ether oxygens (including phenoxy) is 1. The molecule has 1 aromatic rings. The van der Waals surface area contributed by atoms with Gasteiger partial charge in [-0.15, -0.1) is 0 Å². The fraction of sp³-hybridized carbons (Fsp3) is 0.500. The highest BCUT2D eigenvalue weighted by Crippen LogP contribution is 2.24. The average Bonchev–Trinajstić information content (AvgIpc) is 2.46. The fourth-order valence-corrected chi connectivity index (χ4v) is 2.41. The van der Waals surface area contributed by atoms with Gasteiger partial charge in [0.15, 0.2) is 5.84 Å². The molecular weight excluding hydrogens is 242 g/mol. The maximum absolute atomic E-state index is 8.70. The zero-order chi connectivity index (χ0) is 13.8. The Balaban J connectivity index is 2.21. The number of nitrogens with zero attached hydrogens (tertiary/aromatic N) is 2. The highest BCUT2D eigenvalue weighted by Gasteiger charge is 2.20. The van der Waals surface area contributed by atoms with E-state index in [-0.39, 0.29) is 5.84 Å². The third-order valence-corrected chi connectivity index (χ3v) is 3.54. The third kappa shape index (κ3) is 2.98. The Morgan fingerprint density at radius 2 is 2.37 bits per heavy atom. The van der Waals surface area contributed by atoms with Crippen molar-refractivity contribution in [1.82, 2.24) is 0 Å². The molecule has 1 aliphatic heterocycles. The maximum atomic E-state index is 8.70. The molecule has 0 amide bonds. The Bertz CT molecular complexity index is 474. The van der Waals surface area contributed by atoms with Crippen molar-refractivity contribution in [2.24, 2.45) is 10.9 Å². The Morgan fingerprint density at radius 3 is 3.00 bits per heavy atom. The smallest absolute Gasteiger partial charge is 0.170 e. The molecule has 1 unspecified atom stereocenters. The summed E-state index contributed by atoms with van der Waals surface area (Å²) >= 11 is 0. The number of nitrogens with two attached hydrogens (primary N) is 1. The summed E-state index contributed by atoms with van der Waals surface area (Å²) in [4.78, 5) is 2.34. The maximum Gasteiger partial charge on any atom is 0.170 e. The predicted octanol–water partition coefficient (Wildman–Crippen LogP) is 1.70. The topological polar surface area (TPSA) is 71.1 Å². The van der Waals surface area contributed by atoms with Crippen LogP contribution in [-0.2, 0) is 4.74 Å². The van der Waals surface area contributed by atoms with E-state index in [4.69, 9.17) is 15.7 Å². The Labute approximate surface area is 113 Å². The second-order valence-corrected chi connectivity index (χ2v) is 4.83. The average molecular weight is 263 g/mol. The van der Waals surface area contributed by atoms with Gasteiger partial charge in [-0.3, -0.25) is 0 Å². The lowest BCUT2D eigenvalue weighted by Gasteiger charge is -2.35. The van der Waals surface area contributed by atoms with E-state index in [1.54, 1.807) is 0 Å². The molecule has 0 aromatic heterocycles. The summed E-state index contributed by atoms with van der Waals surface area (Å²) in [6.07, 6.45) is 1.33. The van der Waals surface area contributed by atoms with Crippen LogP contribution < -0.4 is 10.6 Å². The van der Waals surface area contributed by atoms with Gasteiger partial charge in [0.05, 0.1) is 12.7 Å². The van der Waals surface area contributed by atoms with Gasteiger partial charge >= 0.3 is 0 Å². The van der Waals surface area contributed by atoms with Gasteiger partial charge in [-0.1, -0.05) is 12.1 Å². The monoisotopic (exact) mass is 263 g/mol. The summed E-state index contributed by atoms with van der Waals surface area (Å²) in [6, 6.07) is 5.86. The van der Waals surface area contributed by atoms with Gasteiger partial charge in [-0.25, -0.2) is 0 Å². The molecule has 1 aliphatic rings. The van der Waals surface area contributed by atoms with Crippen LogP contribution in [0.1, 0.15) is 24.5 Å². The van der Waals surface area contributed by atoms with E-state index in [1.807, 2.05) is 25.1 Å². The van der Waals surface area contributed by atoms with Crippen LogP contribution in [0.5, 0.6) is 0 Å². The number of benzene rings is 1. The van der Waals surface area contributed by atoms with Crippen molar-refractivity contribution in [3.63, 3.8) is 0 Å². The first-order valence-corrected chi connectivity index (χ1v) is 6.60. The highest BCUT2D eigenvalue weighted by molar-refractivity contribution is 5.97. The Kier molecular flexibility index (Phi) is 4.27. The summed E-state index contributed by atoms with van der Waals surface area (Å²) in [5.41, 5.74) is 8.66. The molecule has 0 bridgehead atoms. The van der Waals surface area contributed by atoms with E-state index in [0.717, 1.165) is 37.2 Å². The van der Waals surface area contributed by atoms with Crippen molar-refractivity contribution in [1.29, 1.82) is 0 Å². The van der Waals surface area contributed by atoms with E-state index in [1.165, 1.54) is 5.69 Å². The first kappa shape index (κ1) is 13.7. The molecular formula is C14H21N3O2. The summed E-state index contributed by atoms with van der Waals surface area (Å²) in [5.74, 6) is 0.142. The molecule has 104 valence electrons. The van der Waals surface area contributed by atoms with E-state index in [2.05, 4.69) is 17.0 Å². The van der Waals surface area contributed by atoms with Crippen LogP contribution in [0.4, 0.5) is 5.69 Å². The summed E-state index contributed by atoms with van der Waals surface area (Å²) in [5, 5.41) is 11.7. The SMILES string of the molecule is CCC1CN(c2ccc(/C(N)=N/O)cc2C)CCO1. The lowest BCUT2D eigenvalue weighted by atomic mass is 10.1. The molecule has 5 nitrogen and oxygen atoms in total. The highest BCUT2D eigenvalue weighted by atomic mass is 16.5. The zero-order valence-electron chi connectivity index (χ0n) is 11.5. The summed E-state index contributed by atoms with van der Waals surface area (Å²) < 4.78 is 5.68. The largest absolute Gasteiger partial charge is 0.409 e. The quantitative estimate of drug-likeness (QED) is 0.377. The van der Waals surface area contributed by atoms with Crippen molar-refractivity contribution in [2.45, 2.75) is 26.4 Å². The fourth-order valence-electron chi connectivity index (χ4n) is 2.41. The van der Waals surface area contributed by atoms with Crippen LogP contribution in [-0.4, -0.2) is 36.8 Å². The number of aryl methyl sites for hydroxylation is 1. The van der Waals surface area contributed by atoms with Gasteiger partial charge in [0.1, 0.15) is 0 Å². The van der Waals surface area contributed by atoms with E-state index in [9.17, 15) is 0 Å². The molecule has 0 radical (unpaired) electrons. The van der Waals surface area contributed by atoms with Gasteiger partial charge in [0.25, 0.3) is 0 Å². The molecule has 1 heterocycles. The molecule has 1 aromatic carbocycles. The second kappa shape index (κ2) is 5.93. The van der Waals surface area contributed by atoms with Crippen LogP contribution in [0.15, 0.2) is 23.4 Å². The van der Waals surface area contributed by atoms with E-state index < -0.39 is 0 Å². The van der Waals surface area contributed by atoms with Crippen molar-refractivity contribution in [3.8, 4) is 0 Å². The normalized spacial score (nSPS) is 20.6. The van der Waals surface area contributed by atoms with E-state index in [0.29, 0.717) is 6.10 Å². The molecule has 0 spiro atoms. The minimum atomic E-state index is 0.142. The number of amidine groups is 1. The summed E-state index contributed by atoms with van der Waals surface area (Å²) in [6.45, 7) is 6.77. The molecule has 1 atom stereocenters. The lowest BCUT2D eigenvalue weighted by Crippen LogP contribution is -2.42. The molecule has 19 heavy (non-hydrogen) atoms. The van der Waals surface area contributed by atoms with Crippen molar-refractivity contribution in [3.05, 3.63) is 29.3 Å². The number of morpholine rings is 1. The number of anilines is 1. The predicted molar refractivity (Wildman–Crippen MR) is 75.9 cm³/mol. The van der Waals surface area contributed by atoms with Gasteiger partial charge in [0, 0.05) is 24.3 Å². The van der Waals surface area contributed by atoms with Gasteiger partial charge < -0.3 is 20.6 Å². The minimum Gasteiger partial charge on any atom is -0.409 e. The first-order valence-electron chi connectivity index (χ1n) is 6.60. The number of rotatable bonds is 3. The van der Waals surface area contributed by atoms with Crippen LogP contribution in [0, 0.1) is 6.92 Å². The number of oxime groups is 1. The van der Waals surface area contributed by atoms with Crippen LogP contribution in [0.2, 0.25) is 0 Å². The van der Waals surface area contributed by atoms with Crippen molar-refractivity contribution >= 4 is 11.5 Å². The Morgan fingerprint density at radius 1 is 1.58 bits per heavy atom. The van der Waals surface area contributed by atoms with Gasteiger partial charge in [0.2, 0.25) is 0 Å². The number of hydrogen-bond acceptors (Lipinski definition) is 4. The van der Waals surface area contributed by atoms with Gasteiger partial charge in [-0.05, 0) is 37.1 Å². The summed E-state index contributed by atoms with van der Waals surface area (Å²) in [7, 11) is 0. The Hall–Kier alpha value is -1.75. The molecule has 2 rings (SSSR count). The molecule has 1 saturated heterocycles. The third-order valence-electron chi connectivity index (χ3n) is 3.54. The molecule has 0 saturated carbocycles. The van der Waals surface area contributed by atoms with Crippen molar-refractivity contribution < 1.29 is 9.94 Å². The molecule has 0 aliphatic carbocycles. The van der Waals surface area contributed by atoms with E-state index >= 15 is 0 Å². The minimum absolute atomic E-state index is 0.142. The number of hydrogen-bond donors (Lipinski definition) is 2. The van der Waals surface area contributed by atoms with Crippen LogP contribution >= 0.6 is 0 Å². The molecule has 5 heteroatoms. The van der Waals surface area contributed by atoms with Crippen LogP contribution in [0.3, 0.4) is 0 Å². The molecule has 1 fully saturated rings. The van der Waals surface area contributed by atoms with Gasteiger partial charge in [-0.2, -0.15) is 0 Å². The lowest BCUT2D eigenvalue weighted by molar-refractivity contribution is 0.0384. The van der Waals surface area contributed by atoms with Crippen molar-refractivity contribution in [2.75, 3.05) is 24.6 Å². The van der Waals surface area contributed by atoms with Crippen LogP contribution in [0.25, 0.3) is 0 Å². The molecule has 3 N–H and O–H groups in total. The standard InChI is InChI=1S/C14H21N3O2/c1-3-12-9-17(6-7-19-12)13-5-4-11(8-10(13)2)14(15)16-18/h4-5,8,12,18H,3,6-7,9H2,1-2H3,(H2,15,16). The second-order valence-electron chi connectivity index (χ2n) is 4.83.